The summed E-state index contributed by atoms with van der Waals surface area (Å²) in [6, 6.07) is -0.462. The van der Waals surface area contributed by atoms with Crippen LogP contribution < -0.4 is 5.32 Å². The van der Waals surface area contributed by atoms with Crippen molar-refractivity contribution >= 4 is 5.97 Å². The van der Waals surface area contributed by atoms with Crippen LogP contribution in [0.4, 0.5) is 0 Å². The lowest BCUT2D eigenvalue weighted by Gasteiger charge is -2.39. The van der Waals surface area contributed by atoms with E-state index in [4.69, 9.17) is 0 Å². The van der Waals surface area contributed by atoms with Gasteiger partial charge in [0.2, 0.25) is 0 Å². The minimum atomic E-state index is -0.960. The Labute approximate surface area is 181 Å². The molecule has 178 valence electrons. The second-order valence-electron chi connectivity index (χ2n) is 8.45. The molecule has 5 N–H and O–H groups in total. The smallest absolute Gasteiger partial charge is 0.317 e. The average Bonchev–Trinajstić information content (AvgIpc) is 2.74. The normalized spacial score (nSPS) is 31.6. The number of rotatable bonds is 8. The molecule has 1 rings (SSSR count). The Morgan fingerprint density at radius 2 is 1.50 bits per heavy atom. The van der Waals surface area contributed by atoms with Crippen LogP contribution in [0.5, 0.6) is 0 Å². The number of hydrogen-bond donors (Lipinski definition) is 5. The quantitative estimate of drug-likeness (QED) is 0.333. The molecule has 0 radical (unpaired) electrons. The van der Waals surface area contributed by atoms with Gasteiger partial charge in [-0.15, -0.1) is 0 Å². The molecule has 9 nitrogen and oxygen atoms in total. The van der Waals surface area contributed by atoms with Crippen molar-refractivity contribution in [2.45, 2.75) is 57.8 Å². The second-order valence-corrected chi connectivity index (χ2v) is 8.45. The number of aliphatic hydroxyl groups is 3. The number of aliphatic carboxylic acids is 1. The maximum absolute atomic E-state index is 11.5. The summed E-state index contributed by atoms with van der Waals surface area (Å²) < 4.78 is 0. The van der Waals surface area contributed by atoms with Crippen molar-refractivity contribution in [1.82, 2.24) is 20.0 Å². The number of carboxylic acids is 1. The highest BCUT2D eigenvalue weighted by atomic mass is 16.4. The summed E-state index contributed by atoms with van der Waals surface area (Å²) in [6.45, 7) is 8.86. The van der Waals surface area contributed by atoms with Crippen LogP contribution in [0.25, 0.3) is 0 Å². The molecule has 1 aliphatic heterocycles. The van der Waals surface area contributed by atoms with Gasteiger partial charge in [-0.05, 0) is 25.9 Å². The van der Waals surface area contributed by atoms with Crippen LogP contribution in [-0.4, -0.2) is 131 Å². The largest absolute Gasteiger partial charge is 0.480 e. The van der Waals surface area contributed by atoms with Gasteiger partial charge in [-0.2, -0.15) is 0 Å². The van der Waals surface area contributed by atoms with Crippen LogP contribution in [-0.2, 0) is 4.79 Å². The molecule has 0 aromatic carbocycles. The van der Waals surface area contributed by atoms with Crippen LogP contribution in [0.1, 0.15) is 33.6 Å². The van der Waals surface area contributed by atoms with E-state index in [-0.39, 0.29) is 44.5 Å². The Hall–Kier alpha value is -0.810. The van der Waals surface area contributed by atoms with Crippen molar-refractivity contribution in [2.24, 2.45) is 5.92 Å². The van der Waals surface area contributed by atoms with Crippen molar-refractivity contribution < 1.29 is 25.2 Å². The highest BCUT2D eigenvalue weighted by Gasteiger charge is 2.31. The van der Waals surface area contributed by atoms with Gasteiger partial charge in [0.05, 0.1) is 26.4 Å². The van der Waals surface area contributed by atoms with Gasteiger partial charge in [-0.3, -0.25) is 19.5 Å². The van der Waals surface area contributed by atoms with E-state index in [9.17, 15) is 25.2 Å². The van der Waals surface area contributed by atoms with Gasteiger partial charge in [0.15, 0.2) is 0 Å². The maximum atomic E-state index is 11.5. The highest BCUT2D eigenvalue weighted by molar-refractivity contribution is 5.69. The van der Waals surface area contributed by atoms with Gasteiger partial charge in [-0.25, -0.2) is 0 Å². The first-order valence-electron chi connectivity index (χ1n) is 11.3. The SMILES string of the molecule is CCC1CN(CC)C(CO)CN(CC(=O)O)C(CO)CN(C)[C@H](CO)CN[C@@H]1CC. The van der Waals surface area contributed by atoms with Gasteiger partial charge in [0.25, 0.3) is 0 Å². The molecule has 0 aliphatic carbocycles. The zero-order valence-corrected chi connectivity index (χ0v) is 19.2. The van der Waals surface area contributed by atoms with E-state index in [2.05, 4.69) is 31.0 Å². The van der Waals surface area contributed by atoms with Crippen LogP contribution in [0.2, 0.25) is 0 Å². The van der Waals surface area contributed by atoms with Gasteiger partial charge in [-0.1, -0.05) is 27.2 Å². The Morgan fingerprint density at radius 3 is 1.97 bits per heavy atom. The topological polar surface area (TPSA) is 120 Å². The molecule has 0 amide bonds. The third kappa shape index (κ3) is 8.03. The first kappa shape index (κ1) is 27.2. The molecule has 9 heteroatoms. The maximum Gasteiger partial charge on any atom is 0.317 e. The minimum absolute atomic E-state index is 0.0197. The summed E-state index contributed by atoms with van der Waals surface area (Å²) in [5.41, 5.74) is 0. The zero-order chi connectivity index (χ0) is 22.7. The summed E-state index contributed by atoms with van der Waals surface area (Å²) in [4.78, 5) is 17.5. The van der Waals surface area contributed by atoms with Gasteiger partial charge in [0.1, 0.15) is 0 Å². The minimum Gasteiger partial charge on any atom is -0.480 e. The molecule has 1 fully saturated rings. The predicted octanol–water partition coefficient (Wildman–Crippen LogP) is -0.883. The zero-order valence-electron chi connectivity index (χ0n) is 19.2. The molecule has 5 atom stereocenters. The monoisotopic (exact) mass is 432 g/mol. The Morgan fingerprint density at radius 1 is 0.900 bits per heavy atom. The van der Waals surface area contributed by atoms with Crippen LogP contribution in [0.3, 0.4) is 0 Å². The number of likely N-dealkylation sites (N-methyl/N-ethyl adjacent to an activating group) is 2. The van der Waals surface area contributed by atoms with Crippen LogP contribution in [0, 0.1) is 5.92 Å². The fraction of sp³-hybridized carbons (Fsp3) is 0.952. The number of aliphatic hydroxyl groups excluding tert-OH is 3. The fourth-order valence-electron chi connectivity index (χ4n) is 4.52. The van der Waals surface area contributed by atoms with Crippen molar-refractivity contribution in [1.29, 1.82) is 0 Å². The third-order valence-electron chi connectivity index (χ3n) is 6.59. The molecule has 1 saturated heterocycles. The van der Waals surface area contributed by atoms with Crippen molar-refractivity contribution in [3.8, 4) is 0 Å². The van der Waals surface area contributed by atoms with E-state index in [1.54, 1.807) is 4.90 Å². The predicted molar refractivity (Wildman–Crippen MR) is 118 cm³/mol. The lowest BCUT2D eigenvalue weighted by atomic mass is 9.93. The van der Waals surface area contributed by atoms with E-state index < -0.39 is 12.0 Å². The average molecular weight is 433 g/mol. The number of carbonyl (C=O) groups is 1. The van der Waals surface area contributed by atoms with E-state index in [1.165, 1.54) is 0 Å². The summed E-state index contributed by atoms with van der Waals surface area (Å²) in [6.07, 6.45) is 1.95. The van der Waals surface area contributed by atoms with E-state index in [1.807, 2.05) is 11.9 Å². The fourth-order valence-corrected chi connectivity index (χ4v) is 4.52. The van der Waals surface area contributed by atoms with Crippen molar-refractivity contribution in [3.63, 3.8) is 0 Å². The number of nitrogens with zero attached hydrogens (tertiary/aromatic N) is 3. The van der Waals surface area contributed by atoms with E-state index >= 15 is 0 Å². The van der Waals surface area contributed by atoms with Crippen LogP contribution >= 0.6 is 0 Å². The highest BCUT2D eigenvalue weighted by Crippen LogP contribution is 2.18. The molecule has 0 aromatic rings. The molecule has 0 bridgehead atoms. The summed E-state index contributed by atoms with van der Waals surface area (Å²) in [7, 11) is 1.89. The Balaban J connectivity index is 3.29. The molecule has 1 heterocycles. The number of nitrogens with one attached hydrogen (secondary N) is 1. The second kappa shape index (κ2) is 14.3. The molecular weight excluding hydrogens is 388 g/mol. The molecule has 0 spiro atoms. The third-order valence-corrected chi connectivity index (χ3v) is 6.59. The standard InChI is InChI=1S/C21H44N4O5/c1-5-16-9-24(7-3)19(15-28)11-25(12-21(29)30)18(14-27)10-23(4)17(13-26)8-22-20(16)6-2/h16-20,22,26-28H,5-15H2,1-4H3,(H,29,30)/t16?,17-,18?,19?,20+/m0/s1. The molecular formula is C21H44N4O5. The van der Waals surface area contributed by atoms with Gasteiger partial charge in [0, 0.05) is 50.3 Å². The van der Waals surface area contributed by atoms with E-state index in [0.29, 0.717) is 25.6 Å². The summed E-state index contributed by atoms with van der Waals surface area (Å²) in [5.74, 6) is -0.589. The van der Waals surface area contributed by atoms with E-state index in [0.717, 1.165) is 25.9 Å². The molecule has 30 heavy (non-hydrogen) atoms. The lowest BCUT2D eigenvalue weighted by Crippen LogP contribution is -2.55. The van der Waals surface area contributed by atoms with Gasteiger partial charge >= 0.3 is 5.97 Å². The number of carboxylic acid groups (broad SMARTS) is 1. The molecule has 0 aromatic heterocycles. The summed E-state index contributed by atoms with van der Waals surface area (Å²) in [5, 5.41) is 43.2. The lowest BCUT2D eigenvalue weighted by molar-refractivity contribution is -0.139. The molecule has 1 aliphatic rings. The molecule has 0 saturated carbocycles. The van der Waals surface area contributed by atoms with Crippen LogP contribution in [0.15, 0.2) is 0 Å². The van der Waals surface area contributed by atoms with Crippen molar-refractivity contribution in [2.75, 3.05) is 66.1 Å². The van der Waals surface area contributed by atoms with Crippen molar-refractivity contribution in [3.05, 3.63) is 0 Å². The Bertz CT molecular complexity index is 484. The summed E-state index contributed by atoms with van der Waals surface area (Å²) >= 11 is 0. The molecule has 3 unspecified atom stereocenters. The van der Waals surface area contributed by atoms with Gasteiger partial charge < -0.3 is 25.7 Å². The first-order chi connectivity index (χ1) is 14.3. The number of hydrogen-bond acceptors (Lipinski definition) is 8. The Kier molecular flexibility index (Phi) is 13.0. The first-order valence-corrected chi connectivity index (χ1v) is 11.3.